The Labute approximate surface area is 191 Å². The Balaban J connectivity index is 1.52. The van der Waals surface area contributed by atoms with Crippen LogP contribution in [0.3, 0.4) is 0 Å². The number of pyridine rings is 2. The third-order valence-electron chi connectivity index (χ3n) is 5.00. The predicted octanol–water partition coefficient (Wildman–Crippen LogP) is 3.34. The molecule has 0 saturated carbocycles. The predicted molar refractivity (Wildman–Crippen MR) is 119 cm³/mol. The average molecular weight is 463 g/mol. The number of fused-ring (bicyclic) bond motifs is 1. The Morgan fingerprint density at radius 2 is 1.94 bits per heavy atom. The van der Waals surface area contributed by atoms with Crippen molar-refractivity contribution in [1.82, 2.24) is 20.2 Å². The van der Waals surface area contributed by atoms with E-state index < -0.39 is 17.5 Å². The maximum atomic E-state index is 13.2. The van der Waals surface area contributed by atoms with Crippen LogP contribution in [0.5, 0.6) is 0 Å². The Kier molecular flexibility index (Phi) is 5.19. The second-order valence-corrected chi connectivity index (χ2v) is 8.40. The number of aliphatic hydroxyl groups is 1. The summed E-state index contributed by atoms with van der Waals surface area (Å²) in [5.74, 6) is -4.03. The van der Waals surface area contributed by atoms with Crippen LogP contribution in [0.4, 0.5) is 5.13 Å². The minimum atomic E-state index is -1.88. The van der Waals surface area contributed by atoms with Gasteiger partial charge in [-0.1, -0.05) is 29.5 Å². The number of ether oxygens (including phenoxy) is 1. The van der Waals surface area contributed by atoms with Crippen LogP contribution in [0.2, 0.25) is 0 Å². The van der Waals surface area contributed by atoms with Crippen LogP contribution >= 0.6 is 11.3 Å². The number of carbonyl (C=O) groups is 1. The lowest BCUT2D eigenvalue weighted by molar-refractivity contribution is -0.419. The summed E-state index contributed by atoms with van der Waals surface area (Å²) in [5.41, 5.74) is 1.63. The molecule has 2 unspecified atom stereocenters. The van der Waals surface area contributed by atoms with Crippen molar-refractivity contribution in [3.8, 4) is 10.6 Å². The molecule has 3 aromatic heterocycles. The molecule has 166 valence electrons. The molecule has 1 aliphatic rings. The average Bonchev–Trinajstić information content (AvgIpc) is 3.43. The van der Waals surface area contributed by atoms with Crippen LogP contribution < -0.4 is 5.32 Å². The van der Waals surface area contributed by atoms with Crippen LogP contribution in [-0.2, 0) is 15.4 Å². The molecule has 33 heavy (non-hydrogen) atoms. The molecule has 1 aromatic carbocycles. The summed E-state index contributed by atoms with van der Waals surface area (Å²) in [4.78, 5) is 26.3. The van der Waals surface area contributed by atoms with Crippen molar-refractivity contribution in [3.05, 3.63) is 78.3 Å². The first-order valence-electron chi connectivity index (χ1n) is 9.80. The van der Waals surface area contributed by atoms with E-state index in [1.165, 1.54) is 36.5 Å². The van der Waals surface area contributed by atoms with E-state index in [0.717, 1.165) is 5.56 Å². The Hall–Kier alpha value is -3.61. The summed E-state index contributed by atoms with van der Waals surface area (Å²) in [6.45, 7) is 1.38. The first-order chi connectivity index (χ1) is 15.9. The SMILES string of the molecule is CC1(O)C=CC(OO)(c2cc(C(=O)Nc3nnc(-c4ccncc4)s3)c3ccccc3n2)O1. The van der Waals surface area contributed by atoms with Crippen molar-refractivity contribution in [1.29, 1.82) is 0 Å². The van der Waals surface area contributed by atoms with Crippen molar-refractivity contribution in [2.45, 2.75) is 18.5 Å². The summed E-state index contributed by atoms with van der Waals surface area (Å²) in [7, 11) is 0. The number of anilines is 1. The highest BCUT2D eigenvalue weighted by Crippen LogP contribution is 2.39. The Bertz CT molecular complexity index is 1370. The van der Waals surface area contributed by atoms with Crippen LogP contribution in [0.1, 0.15) is 23.0 Å². The zero-order valence-electron chi connectivity index (χ0n) is 17.2. The number of rotatable bonds is 5. The van der Waals surface area contributed by atoms with Crippen molar-refractivity contribution in [2.24, 2.45) is 0 Å². The molecule has 1 amide bonds. The molecule has 4 heterocycles. The molecule has 0 fully saturated rings. The smallest absolute Gasteiger partial charge is 0.266 e. The molecule has 5 rings (SSSR count). The fraction of sp³-hybridized carbons (Fsp3) is 0.136. The van der Waals surface area contributed by atoms with Gasteiger partial charge in [-0.2, -0.15) is 4.89 Å². The fourth-order valence-electron chi connectivity index (χ4n) is 3.46. The number of hydrogen-bond acceptors (Lipinski definition) is 10. The van der Waals surface area contributed by atoms with Gasteiger partial charge in [-0.15, -0.1) is 10.2 Å². The summed E-state index contributed by atoms with van der Waals surface area (Å²) in [5, 5.41) is 32.2. The van der Waals surface area contributed by atoms with E-state index in [4.69, 9.17) is 4.74 Å². The zero-order chi connectivity index (χ0) is 23.1. The number of amides is 1. The Morgan fingerprint density at radius 3 is 2.67 bits per heavy atom. The maximum absolute atomic E-state index is 13.2. The molecule has 10 nitrogen and oxygen atoms in total. The quantitative estimate of drug-likeness (QED) is 0.231. The molecule has 0 spiro atoms. The van der Waals surface area contributed by atoms with Gasteiger partial charge in [0, 0.05) is 23.3 Å². The first-order valence-corrected chi connectivity index (χ1v) is 10.6. The number of benzene rings is 1. The number of para-hydroxylation sites is 1. The van der Waals surface area contributed by atoms with E-state index in [0.29, 0.717) is 21.0 Å². The molecule has 0 aliphatic carbocycles. The fourth-order valence-corrected chi connectivity index (χ4v) is 4.21. The minimum absolute atomic E-state index is 0.0811. The van der Waals surface area contributed by atoms with Crippen molar-refractivity contribution < 1.29 is 24.8 Å². The second kappa shape index (κ2) is 8.06. The topological polar surface area (TPSA) is 140 Å². The van der Waals surface area contributed by atoms with Gasteiger partial charge < -0.3 is 9.84 Å². The summed E-state index contributed by atoms with van der Waals surface area (Å²) < 4.78 is 5.48. The maximum Gasteiger partial charge on any atom is 0.266 e. The monoisotopic (exact) mass is 463 g/mol. The van der Waals surface area contributed by atoms with Crippen LogP contribution in [0.25, 0.3) is 21.5 Å². The molecule has 4 aromatic rings. The Morgan fingerprint density at radius 1 is 1.15 bits per heavy atom. The van der Waals surface area contributed by atoms with E-state index in [1.807, 2.05) is 0 Å². The lowest BCUT2D eigenvalue weighted by atomic mass is 10.0. The van der Waals surface area contributed by atoms with Gasteiger partial charge in [0.15, 0.2) is 5.79 Å². The second-order valence-electron chi connectivity index (χ2n) is 7.42. The third kappa shape index (κ3) is 3.99. The molecule has 0 saturated heterocycles. The minimum Gasteiger partial charge on any atom is -0.362 e. The highest BCUT2D eigenvalue weighted by molar-refractivity contribution is 7.18. The molecule has 2 atom stereocenters. The number of carbonyl (C=O) groups excluding carboxylic acids is 1. The van der Waals surface area contributed by atoms with Gasteiger partial charge in [0.25, 0.3) is 11.7 Å². The van der Waals surface area contributed by atoms with Gasteiger partial charge in [-0.05, 0) is 43.3 Å². The summed E-state index contributed by atoms with van der Waals surface area (Å²) >= 11 is 1.22. The standard InChI is InChI=1S/C22H17N5O5S/c1-21(29)8-9-22(31-21,32-30)17-12-15(14-4-2-3-5-16(14)24-17)18(28)25-20-27-26-19(33-20)13-6-10-23-11-7-13/h2-12,29-30H,1H3,(H,25,27,28). The van der Waals surface area contributed by atoms with E-state index in [-0.39, 0.29) is 11.3 Å². The van der Waals surface area contributed by atoms with E-state index >= 15 is 0 Å². The van der Waals surface area contributed by atoms with Crippen molar-refractivity contribution in [3.63, 3.8) is 0 Å². The molecule has 1 aliphatic heterocycles. The number of aromatic nitrogens is 4. The summed E-state index contributed by atoms with van der Waals surface area (Å²) in [6, 6.07) is 12.0. The van der Waals surface area contributed by atoms with Crippen molar-refractivity contribution in [2.75, 3.05) is 5.32 Å². The number of nitrogens with one attached hydrogen (secondary N) is 1. The molecular formula is C22H17N5O5S. The van der Waals surface area contributed by atoms with E-state index in [9.17, 15) is 15.2 Å². The normalized spacial score (nSPS) is 22.0. The molecule has 0 radical (unpaired) electrons. The van der Waals surface area contributed by atoms with Gasteiger partial charge in [0.1, 0.15) is 10.7 Å². The van der Waals surface area contributed by atoms with Gasteiger partial charge in [-0.25, -0.2) is 10.2 Å². The van der Waals surface area contributed by atoms with Gasteiger partial charge in [0.05, 0.1) is 11.1 Å². The van der Waals surface area contributed by atoms with E-state index in [2.05, 4.69) is 30.4 Å². The summed E-state index contributed by atoms with van der Waals surface area (Å²) in [6.07, 6.45) is 5.95. The third-order valence-corrected chi connectivity index (χ3v) is 5.88. The zero-order valence-corrected chi connectivity index (χ0v) is 18.0. The number of nitrogens with zero attached hydrogens (tertiary/aromatic N) is 4. The van der Waals surface area contributed by atoms with Crippen LogP contribution in [-0.4, -0.2) is 42.2 Å². The molecule has 0 bridgehead atoms. The molecule has 3 N–H and O–H groups in total. The van der Waals surface area contributed by atoms with Crippen LogP contribution in [0.15, 0.2) is 67.0 Å². The van der Waals surface area contributed by atoms with E-state index in [1.54, 1.807) is 48.8 Å². The highest BCUT2D eigenvalue weighted by Gasteiger charge is 2.46. The highest BCUT2D eigenvalue weighted by atomic mass is 32.1. The molecular weight excluding hydrogens is 446 g/mol. The van der Waals surface area contributed by atoms with Gasteiger partial charge >= 0.3 is 0 Å². The molecule has 11 heteroatoms. The lowest BCUT2D eigenvalue weighted by Gasteiger charge is -2.27. The van der Waals surface area contributed by atoms with Gasteiger partial charge in [-0.3, -0.25) is 15.1 Å². The van der Waals surface area contributed by atoms with Crippen molar-refractivity contribution >= 4 is 33.3 Å². The lowest BCUT2D eigenvalue weighted by Crippen LogP contribution is -2.35. The number of hydrogen-bond donors (Lipinski definition) is 3. The first kappa shape index (κ1) is 21.2. The largest absolute Gasteiger partial charge is 0.362 e. The van der Waals surface area contributed by atoms with Crippen LogP contribution in [0, 0.1) is 0 Å². The van der Waals surface area contributed by atoms with Gasteiger partial charge in [0.2, 0.25) is 5.13 Å².